The summed E-state index contributed by atoms with van der Waals surface area (Å²) in [6, 6.07) is 10.8. The van der Waals surface area contributed by atoms with E-state index in [4.69, 9.17) is 4.43 Å². The predicted molar refractivity (Wildman–Crippen MR) is 127 cm³/mol. The van der Waals surface area contributed by atoms with Gasteiger partial charge in [0.15, 0.2) is 8.32 Å². The van der Waals surface area contributed by atoms with Crippen molar-refractivity contribution in [2.24, 2.45) is 0 Å². The van der Waals surface area contributed by atoms with Crippen molar-refractivity contribution in [3.05, 3.63) is 58.7 Å². The van der Waals surface area contributed by atoms with Gasteiger partial charge in [0.1, 0.15) is 5.75 Å². The topological polar surface area (TPSA) is 66.8 Å². The molecule has 0 unspecified atom stereocenters. The van der Waals surface area contributed by atoms with Gasteiger partial charge in [-0.05, 0) is 54.7 Å². The van der Waals surface area contributed by atoms with Gasteiger partial charge in [0.2, 0.25) is 10.0 Å². The number of fused-ring (bicyclic) bond motifs is 1. The SMILES string of the molecule is CCc1ccc2c(c1O)CN(S(=O)(=O)c1ccc(C)cc1)C[C@@H]2O[Si](C)(C)C(C)(C)C. The van der Waals surface area contributed by atoms with Crippen molar-refractivity contribution in [1.29, 1.82) is 0 Å². The first-order valence-corrected chi connectivity index (χ1v) is 15.2. The molecule has 0 radical (unpaired) electrons. The number of hydrogen-bond acceptors (Lipinski definition) is 4. The molecule has 2 aromatic carbocycles. The number of phenolic OH excluding ortho intramolecular Hbond substituents is 1. The summed E-state index contributed by atoms with van der Waals surface area (Å²) in [7, 11) is -5.90. The number of phenols is 1. The van der Waals surface area contributed by atoms with Crippen molar-refractivity contribution in [3.8, 4) is 5.75 Å². The fourth-order valence-electron chi connectivity index (χ4n) is 3.65. The monoisotopic (exact) mass is 461 g/mol. The molecule has 1 aliphatic rings. The minimum Gasteiger partial charge on any atom is -0.507 e. The molecule has 2 aromatic rings. The second-order valence-corrected chi connectivity index (χ2v) is 16.7. The third-order valence-corrected chi connectivity index (χ3v) is 13.0. The standard InChI is InChI=1S/C24H35NO4SSi/c1-8-18-11-14-20-21(23(18)26)15-25(16-22(20)29-31(6,7)24(3,4)5)30(27,28)19-12-9-17(2)10-13-19/h9-14,22,26H,8,15-16H2,1-7H3/t22-/m0/s1. The van der Waals surface area contributed by atoms with E-state index in [2.05, 4.69) is 33.9 Å². The normalized spacial score (nSPS) is 18.1. The highest BCUT2D eigenvalue weighted by Gasteiger charge is 2.43. The van der Waals surface area contributed by atoms with Crippen molar-refractivity contribution >= 4 is 18.3 Å². The molecule has 3 rings (SSSR count). The summed E-state index contributed by atoms with van der Waals surface area (Å²) >= 11 is 0. The van der Waals surface area contributed by atoms with Crippen molar-refractivity contribution in [3.63, 3.8) is 0 Å². The number of aromatic hydroxyl groups is 1. The van der Waals surface area contributed by atoms with Gasteiger partial charge in [0.05, 0.1) is 11.0 Å². The minimum atomic E-state index is -3.72. The van der Waals surface area contributed by atoms with E-state index in [0.717, 1.165) is 16.7 Å². The number of sulfonamides is 1. The van der Waals surface area contributed by atoms with Gasteiger partial charge < -0.3 is 9.53 Å². The van der Waals surface area contributed by atoms with E-state index >= 15 is 0 Å². The Bertz CT molecular complexity index is 1060. The summed E-state index contributed by atoms with van der Waals surface area (Å²) in [5.74, 6) is 0.188. The molecule has 0 spiro atoms. The summed E-state index contributed by atoms with van der Waals surface area (Å²) in [4.78, 5) is 0.263. The first kappa shape index (κ1) is 24.0. The first-order valence-electron chi connectivity index (χ1n) is 10.9. The van der Waals surface area contributed by atoms with Gasteiger partial charge in [0.25, 0.3) is 0 Å². The Morgan fingerprint density at radius 1 is 1.13 bits per heavy atom. The van der Waals surface area contributed by atoms with Crippen molar-refractivity contribution in [1.82, 2.24) is 4.31 Å². The quantitative estimate of drug-likeness (QED) is 0.595. The Kier molecular flexibility index (Phi) is 6.46. The second-order valence-electron chi connectivity index (χ2n) is 9.97. The Morgan fingerprint density at radius 3 is 2.29 bits per heavy atom. The molecule has 170 valence electrons. The maximum atomic E-state index is 13.5. The molecule has 1 atom stereocenters. The number of hydrogen-bond donors (Lipinski definition) is 1. The average Bonchev–Trinajstić information content (AvgIpc) is 2.67. The summed E-state index contributed by atoms with van der Waals surface area (Å²) in [6.45, 7) is 15.1. The van der Waals surface area contributed by atoms with E-state index in [-0.39, 0.29) is 28.8 Å². The maximum absolute atomic E-state index is 13.5. The molecule has 7 heteroatoms. The molecule has 1 N–H and O–H groups in total. The average molecular weight is 462 g/mol. The summed E-state index contributed by atoms with van der Waals surface area (Å²) in [5, 5.41) is 10.9. The summed E-state index contributed by atoms with van der Waals surface area (Å²) in [6.07, 6.45) is 0.263. The third-order valence-electron chi connectivity index (χ3n) is 6.74. The van der Waals surface area contributed by atoms with Crippen LogP contribution in [0.4, 0.5) is 0 Å². The van der Waals surface area contributed by atoms with Gasteiger partial charge in [0, 0.05) is 18.7 Å². The Morgan fingerprint density at radius 2 is 1.74 bits per heavy atom. The zero-order valence-electron chi connectivity index (χ0n) is 19.7. The molecule has 0 saturated carbocycles. The van der Waals surface area contributed by atoms with E-state index in [9.17, 15) is 13.5 Å². The predicted octanol–water partition coefficient (Wildman–Crippen LogP) is 5.53. The highest BCUT2D eigenvalue weighted by atomic mass is 32.2. The molecular weight excluding hydrogens is 426 g/mol. The number of benzene rings is 2. The molecule has 1 heterocycles. The number of nitrogens with zero attached hydrogens (tertiary/aromatic N) is 1. The summed E-state index contributed by atoms with van der Waals surface area (Å²) < 4.78 is 35.1. The fourth-order valence-corrected chi connectivity index (χ4v) is 6.33. The van der Waals surface area contributed by atoms with Gasteiger partial charge in [-0.25, -0.2) is 8.42 Å². The van der Waals surface area contributed by atoms with Crippen LogP contribution >= 0.6 is 0 Å². The lowest BCUT2D eigenvalue weighted by Gasteiger charge is -2.43. The largest absolute Gasteiger partial charge is 0.507 e. The second kappa shape index (κ2) is 8.35. The van der Waals surface area contributed by atoms with Crippen LogP contribution in [0.5, 0.6) is 5.75 Å². The van der Waals surface area contributed by atoms with E-state index in [1.807, 2.05) is 26.0 Å². The lowest BCUT2D eigenvalue weighted by atomic mass is 9.94. The molecule has 0 fully saturated rings. The maximum Gasteiger partial charge on any atom is 0.243 e. The zero-order valence-corrected chi connectivity index (χ0v) is 21.5. The lowest BCUT2D eigenvalue weighted by molar-refractivity contribution is 0.137. The van der Waals surface area contributed by atoms with Gasteiger partial charge in [-0.15, -0.1) is 0 Å². The molecule has 1 aliphatic heterocycles. The highest BCUT2D eigenvalue weighted by molar-refractivity contribution is 7.89. The molecule has 5 nitrogen and oxygen atoms in total. The van der Waals surface area contributed by atoms with E-state index in [1.165, 1.54) is 4.31 Å². The van der Waals surface area contributed by atoms with Crippen LogP contribution in [0.25, 0.3) is 0 Å². The van der Waals surface area contributed by atoms with Crippen molar-refractivity contribution in [2.75, 3.05) is 6.54 Å². The molecular formula is C24H35NO4SSi. The van der Waals surface area contributed by atoms with Gasteiger partial charge in [-0.3, -0.25) is 0 Å². The molecule has 0 saturated heterocycles. The Balaban J connectivity index is 2.08. The van der Waals surface area contributed by atoms with Crippen LogP contribution in [0.3, 0.4) is 0 Å². The van der Waals surface area contributed by atoms with Gasteiger partial charge in [-0.2, -0.15) is 4.31 Å². The van der Waals surface area contributed by atoms with Crippen LogP contribution in [-0.4, -0.2) is 32.7 Å². The van der Waals surface area contributed by atoms with Crippen molar-refractivity contribution < 1.29 is 18.0 Å². The lowest BCUT2D eigenvalue weighted by Crippen LogP contribution is -2.46. The van der Waals surface area contributed by atoms with Crippen LogP contribution in [-0.2, 0) is 27.4 Å². The Hall–Kier alpha value is -1.67. The third kappa shape index (κ3) is 4.60. The molecule has 0 bridgehead atoms. The molecule has 31 heavy (non-hydrogen) atoms. The van der Waals surface area contributed by atoms with E-state index in [1.54, 1.807) is 24.3 Å². The fraction of sp³-hybridized carbons (Fsp3) is 0.500. The van der Waals surface area contributed by atoms with Crippen LogP contribution in [0, 0.1) is 6.92 Å². The Labute approximate surface area is 188 Å². The highest BCUT2D eigenvalue weighted by Crippen LogP contribution is 2.44. The van der Waals surface area contributed by atoms with Crippen molar-refractivity contribution in [2.45, 2.75) is 76.7 Å². The van der Waals surface area contributed by atoms with Crippen LogP contribution in [0.2, 0.25) is 18.1 Å². The van der Waals surface area contributed by atoms with E-state index < -0.39 is 24.4 Å². The number of rotatable bonds is 5. The van der Waals surface area contributed by atoms with E-state index in [0.29, 0.717) is 12.0 Å². The first-order chi connectivity index (χ1) is 14.3. The van der Waals surface area contributed by atoms with Gasteiger partial charge >= 0.3 is 0 Å². The summed E-state index contributed by atoms with van der Waals surface area (Å²) in [5.41, 5.74) is 3.38. The van der Waals surface area contributed by atoms with Gasteiger partial charge in [-0.1, -0.05) is 57.5 Å². The van der Waals surface area contributed by atoms with Crippen LogP contribution in [0.1, 0.15) is 56.1 Å². The molecule has 0 aliphatic carbocycles. The van der Waals surface area contributed by atoms with Crippen LogP contribution in [0.15, 0.2) is 41.3 Å². The minimum absolute atomic E-state index is 0.0172. The molecule has 0 amide bonds. The smallest absolute Gasteiger partial charge is 0.243 e. The van der Waals surface area contributed by atoms with Crippen LogP contribution < -0.4 is 0 Å². The zero-order chi connectivity index (χ0) is 23.2. The number of aryl methyl sites for hydroxylation is 2. The molecule has 0 aromatic heterocycles.